The highest BCUT2D eigenvalue weighted by atomic mass is 32.1. The molecule has 1 N–H and O–H groups in total. The van der Waals surface area contributed by atoms with E-state index in [0.29, 0.717) is 16.3 Å². The van der Waals surface area contributed by atoms with E-state index in [9.17, 15) is 14.4 Å². The molecule has 2 aromatic carbocycles. The summed E-state index contributed by atoms with van der Waals surface area (Å²) in [6, 6.07) is 16.5. The molecule has 0 spiro atoms. The number of nitrogens with one attached hydrogen (secondary N) is 1. The number of hydrogen-bond donors (Lipinski definition) is 1. The van der Waals surface area contributed by atoms with Gasteiger partial charge in [0, 0.05) is 21.9 Å². The van der Waals surface area contributed by atoms with E-state index in [1.54, 1.807) is 18.2 Å². The SMILES string of the molecule is COC(=O)c1cc(-c2ccccc2)sc1NC(=O)COc1ccc2c3c(c(=O)oc2c1)CCC3. The molecule has 0 atom stereocenters. The van der Waals surface area contributed by atoms with Gasteiger partial charge >= 0.3 is 11.6 Å². The number of thiophene rings is 1. The van der Waals surface area contributed by atoms with E-state index in [1.807, 2.05) is 36.4 Å². The van der Waals surface area contributed by atoms with Crippen LogP contribution in [0.2, 0.25) is 0 Å². The van der Waals surface area contributed by atoms with Crippen LogP contribution in [0.15, 0.2) is 63.8 Å². The lowest BCUT2D eigenvalue weighted by molar-refractivity contribution is -0.118. The summed E-state index contributed by atoms with van der Waals surface area (Å²) in [7, 11) is 1.30. The second-order valence-corrected chi connectivity index (χ2v) is 8.96. The fourth-order valence-corrected chi connectivity index (χ4v) is 5.22. The first-order chi connectivity index (χ1) is 16.5. The summed E-state index contributed by atoms with van der Waals surface area (Å²) >= 11 is 1.28. The maximum atomic E-state index is 12.6. The van der Waals surface area contributed by atoms with Crippen LogP contribution in [0.3, 0.4) is 0 Å². The van der Waals surface area contributed by atoms with Crippen molar-refractivity contribution in [2.45, 2.75) is 19.3 Å². The molecule has 4 aromatic rings. The number of amides is 1. The molecule has 1 amide bonds. The predicted octanol–water partition coefficient (Wildman–Crippen LogP) is 4.81. The first kappa shape index (κ1) is 21.9. The van der Waals surface area contributed by atoms with Crippen molar-refractivity contribution >= 4 is 39.2 Å². The van der Waals surface area contributed by atoms with Crippen molar-refractivity contribution in [1.82, 2.24) is 0 Å². The maximum absolute atomic E-state index is 12.6. The van der Waals surface area contributed by atoms with Gasteiger partial charge in [0.25, 0.3) is 5.91 Å². The van der Waals surface area contributed by atoms with E-state index < -0.39 is 11.9 Å². The molecular weight excluding hydrogens is 454 g/mol. The minimum absolute atomic E-state index is 0.278. The first-order valence-corrected chi connectivity index (χ1v) is 11.6. The molecule has 0 radical (unpaired) electrons. The smallest absolute Gasteiger partial charge is 0.340 e. The number of esters is 1. The normalized spacial score (nSPS) is 12.4. The first-order valence-electron chi connectivity index (χ1n) is 10.8. The van der Waals surface area contributed by atoms with Crippen molar-refractivity contribution in [1.29, 1.82) is 0 Å². The number of benzene rings is 2. The van der Waals surface area contributed by atoms with Crippen LogP contribution in [-0.2, 0) is 22.4 Å². The summed E-state index contributed by atoms with van der Waals surface area (Å²) in [5, 5.41) is 4.04. The Morgan fingerprint density at radius 3 is 2.65 bits per heavy atom. The third-order valence-electron chi connectivity index (χ3n) is 5.76. The van der Waals surface area contributed by atoms with E-state index in [-0.39, 0.29) is 17.8 Å². The number of rotatable bonds is 6. The molecule has 0 fully saturated rings. The van der Waals surface area contributed by atoms with Gasteiger partial charge in [0.15, 0.2) is 6.61 Å². The highest BCUT2D eigenvalue weighted by molar-refractivity contribution is 7.20. The number of carbonyl (C=O) groups is 2. The summed E-state index contributed by atoms with van der Waals surface area (Å²) in [4.78, 5) is 37.9. The van der Waals surface area contributed by atoms with Gasteiger partial charge in [-0.2, -0.15) is 0 Å². The van der Waals surface area contributed by atoms with Crippen LogP contribution in [0.25, 0.3) is 21.4 Å². The Hall–Kier alpha value is -3.91. The second-order valence-electron chi connectivity index (χ2n) is 7.91. The molecule has 7 nitrogen and oxygen atoms in total. The average molecular weight is 476 g/mol. The largest absolute Gasteiger partial charge is 0.484 e. The van der Waals surface area contributed by atoms with Crippen LogP contribution in [0.5, 0.6) is 5.75 Å². The van der Waals surface area contributed by atoms with Crippen LogP contribution in [0, 0.1) is 0 Å². The van der Waals surface area contributed by atoms with Crippen molar-refractivity contribution in [2.24, 2.45) is 0 Å². The summed E-state index contributed by atoms with van der Waals surface area (Å²) in [6.45, 7) is -0.278. The number of methoxy groups -OCH3 is 1. The van der Waals surface area contributed by atoms with Crippen molar-refractivity contribution < 1.29 is 23.5 Å². The molecule has 0 aliphatic heterocycles. The number of ether oxygens (including phenoxy) is 2. The van der Waals surface area contributed by atoms with E-state index in [2.05, 4.69) is 5.32 Å². The fraction of sp³-hybridized carbons (Fsp3) is 0.192. The van der Waals surface area contributed by atoms with E-state index in [4.69, 9.17) is 13.9 Å². The molecule has 5 rings (SSSR count). The minimum atomic E-state index is -0.535. The van der Waals surface area contributed by atoms with E-state index in [0.717, 1.165) is 46.2 Å². The molecule has 0 saturated carbocycles. The molecule has 2 aromatic heterocycles. The summed E-state index contributed by atoms with van der Waals surface area (Å²) < 4.78 is 16.0. The van der Waals surface area contributed by atoms with Gasteiger partial charge in [-0.25, -0.2) is 9.59 Å². The van der Waals surface area contributed by atoms with Gasteiger partial charge in [0.2, 0.25) is 0 Å². The monoisotopic (exact) mass is 475 g/mol. The van der Waals surface area contributed by atoms with Gasteiger partial charge in [-0.05, 0) is 48.6 Å². The molecule has 8 heteroatoms. The standard InChI is InChI=1S/C26H21NO6S/c1-31-25(29)20-13-22(15-6-3-2-4-7-15)34-24(20)27-23(28)14-32-16-10-11-18-17-8-5-9-19(17)26(30)33-21(18)12-16/h2-4,6-7,10-13H,5,8-9,14H2,1H3,(H,27,28). The van der Waals surface area contributed by atoms with Crippen molar-refractivity contribution in [3.63, 3.8) is 0 Å². The Morgan fingerprint density at radius 2 is 1.85 bits per heavy atom. The molecule has 34 heavy (non-hydrogen) atoms. The third-order valence-corrected chi connectivity index (χ3v) is 6.86. The predicted molar refractivity (Wildman–Crippen MR) is 130 cm³/mol. The van der Waals surface area contributed by atoms with Crippen LogP contribution in [-0.4, -0.2) is 25.6 Å². The second kappa shape index (κ2) is 9.15. The molecule has 172 valence electrons. The molecule has 0 unspecified atom stereocenters. The summed E-state index contributed by atoms with van der Waals surface area (Å²) in [6.07, 6.45) is 2.54. The van der Waals surface area contributed by atoms with Crippen LogP contribution in [0.1, 0.15) is 27.9 Å². The summed E-state index contributed by atoms with van der Waals surface area (Å²) in [5.41, 5.74) is 3.14. The number of carbonyl (C=O) groups excluding carboxylic acids is 2. The fourth-order valence-electron chi connectivity index (χ4n) is 4.16. The van der Waals surface area contributed by atoms with E-state index >= 15 is 0 Å². The number of hydrogen-bond acceptors (Lipinski definition) is 7. The van der Waals surface area contributed by atoms with Crippen molar-refractivity contribution in [3.05, 3.63) is 81.7 Å². The van der Waals surface area contributed by atoms with Gasteiger partial charge in [-0.3, -0.25) is 4.79 Å². The Bertz CT molecular complexity index is 1450. The number of aryl methyl sites for hydroxylation is 1. The molecule has 0 bridgehead atoms. The van der Waals surface area contributed by atoms with Gasteiger partial charge < -0.3 is 19.2 Å². The molecule has 0 saturated heterocycles. The van der Waals surface area contributed by atoms with Gasteiger partial charge in [-0.15, -0.1) is 11.3 Å². The maximum Gasteiger partial charge on any atom is 0.340 e. The quantitative estimate of drug-likeness (QED) is 0.318. The molecule has 2 heterocycles. The lowest BCUT2D eigenvalue weighted by Gasteiger charge is -2.09. The average Bonchev–Trinajstić information content (AvgIpc) is 3.51. The molecule has 1 aliphatic carbocycles. The number of anilines is 1. The summed E-state index contributed by atoms with van der Waals surface area (Å²) in [5.74, 6) is -0.554. The zero-order valence-corrected chi connectivity index (χ0v) is 19.2. The molecular formula is C26H21NO6S. The third kappa shape index (κ3) is 4.20. The Labute approximate surface area is 198 Å². The minimum Gasteiger partial charge on any atom is -0.484 e. The Morgan fingerprint density at radius 1 is 1.06 bits per heavy atom. The zero-order chi connectivity index (χ0) is 23.7. The van der Waals surface area contributed by atoms with E-state index in [1.165, 1.54) is 18.4 Å². The Balaban J connectivity index is 1.32. The lowest BCUT2D eigenvalue weighted by atomic mass is 10.1. The highest BCUT2D eigenvalue weighted by Gasteiger charge is 2.21. The van der Waals surface area contributed by atoms with Gasteiger partial charge in [0.1, 0.15) is 16.3 Å². The topological polar surface area (TPSA) is 94.8 Å². The molecule has 1 aliphatic rings. The van der Waals surface area contributed by atoms with Gasteiger partial charge in [0.05, 0.1) is 12.7 Å². The number of fused-ring (bicyclic) bond motifs is 3. The van der Waals surface area contributed by atoms with Crippen molar-refractivity contribution in [3.8, 4) is 16.2 Å². The Kier molecular flexibility index (Phi) is 5.90. The van der Waals surface area contributed by atoms with Crippen molar-refractivity contribution in [2.75, 3.05) is 19.0 Å². The lowest BCUT2D eigenvalue weighted by Crippen LogP contribution is -2.20. The van der Waals surface area contributed by atoms with Crippen LogP contribution in [0.4, 0.5) is 5.00 Å². The highest BCUT2D eigenvalue weighted by Crippen LogP contribution is 2.36. The van der Waals surface area contributed by atoms with Crippen LogP contribution < -0.4 is 15.7 Å². The van der Waals surface area contributed by atoms with Gasteiger partial charge in [-0.1, -0.05) is 30.3 Å². The zero-order valence-electron chi connectivity index (χ0n) is 18.4. The van der Waals surface area contributed by atoms with Crippen LogP contribution >= 0.6 is 11.3 Å².